The molecule has 0 spiro atoms. The second-order valence-electron chi connectivity index (χ2n) is 11.7. The number of ether oxygens (including phenoxy) is 1. The lowest BCUT2D eigenvalue weighted by Gasteiger charge is -2.28. The maximum Gasteiger partial charge on any atom is 0.251 e. The van der Waals surface area contributed by atoms with E-state index in [4.69, 9.17) is 4.74 Å². The van der Waals surface area contributed by atoms with E-state index in [1.54, 1.807) is 31.4 Å². The standard InChI is InChI=1S/C32H40N2O4/c1-31(2,3)25-19-21(20-26(29(25)36)32(4,5)6)13-18-27(35)34-28(22-11-9-8-10-12-22)30(37)33-23-14-16-24(38-7)17-15-23/h8-12,14-17,19-20,28,36H,13,18H2,1-7H3,(H,33,37)(H,34,35)/t28-/m1/s1. The minimum absolute atomic E-state index is 0.205. The van der Waals surface area contributed by atoms with Gasteiger partial charge in [-0.25, -0.2) is 0 Å². The third-order valence-electron chi connectivity index (χ3n) is 6.48. The van der Waals surface area contributed by atoms with Crippen LogP contribution in [0.3, 0.4) is 0 Å². The first-order valence-corrected chi connectivity index (χ1v) is 13.0. The van der Waals surface area contributed by atoms with Crippen LogP contribution in [-0.2, 0) is 26.8 Å². The molecule has 0 saturated carbocycles. The highest BCUT2D eigenvalue weighted by Crippen LogP contribution is 2.40. The Kier molecular flexibility index (Phi) is 8.87. The molecule has 0 aromatic heterocycles. The molecule has 38 heavy (non-hydrogen) atoms. The van der Waals surface area contributed by atoms with Crippen molar-refractivity contribution in [2.45, 2.75) is 71.3 Å². The summed E-state index contributed by atoms with van der Waals surface area (Å²) in [5.74, 6) is 0.447. The highest BCUT2D eigenvalue weighted by molar-refractivity contribution is 5.98. The van der Waals surface area contributed by atoms with E-state index in [9.17, 15) is 14.7 Å². The van der Waals surface area contributed by atoms with E-state index in [1.165, 1.54) is 0 Å². The summed E-state index contributed by atoms with van der Waals surface area (Å²) in [6, 6.07) is 19.4. The number of methoxy groups -OCH3 is 1. The first-order chi connectivity index (χ1) is 17.8. The summed E-state index contributed by atoms with van der Waals surface area (Å²) in [5.41, 5.74) is 3.51. The number of amides is 2. The highest BCUT2D eigenvalue weighted by Gasteiger charge is 2.27. The number of carbonyl (C=O) groups excluding carboxylic acids is 2. The van der Waals surface area contributed by atoms with Gasteiger partial charge in [0.15, 0.2) is 0 Å². The molecule has 0 fully saturated rings. The van der Waals surface area contributed by atoms with Gasteiger partial charge in [0.1, 0.15) is 17.5 Å². The Labute approximate surface area is 226 Å². The van der Waals surface area contributed by atoms with Crippen molar-refractivity contribution in [3.8, 4) is 11.5 Å². The van der Waals surface area contributed by atoms with Gasteiger partial charge in [0.25, 0.3) is 5.91 Å². The third-order valence-corrected chi connectivity index (χ3v) is 6.48. The van der Waals surface area contributed by atoms with Gasteiger partial charge < -0.3 is 20.5 Å². The summed E-state index contributed by atoms with van der Waals surface area (Å²) in [5, 5.41) is 16.8. The minimum atomic E-state index is -0.846. The van der Waals surface area contributed by atoms with Gasteiger partial charge in [-0.05, 0) is 63.8 Å². The molecule has 0 bridgehead atoms. The smallest absolute Gasteiger partial charge is 0.251 e. The van der Waals surface area contributed by atoms with Gasteiger partial charge in [-0.15, -0.1) is 0 Å². The molecule has 0 saturated heterocycles. The van der Waals surface area contributed by atoms with Crippen LogP contribution in [0.25, 0.3) is 0 Å². The molecular formula is C32H40N2O4. The monoisotopic (exact) mass is 516 g/mol. The molecule has 0 aliphatic heterocycles. The number of benzene rings is 3. The van der Waals surface area contributed by atoms with E-state index in [2.05, 4.69) is 52.2 Å². The lowest BCUT2D eigenvalue weighted by atomic mass is 9.78. The SMILES string of the molecule is COc1ccc(NC(=O)[C@H](NC(=O)CCc2cc(C(C)(C)C)c(O)c(C(C)(C)C)c2)c2ccccc2)cc1. The van der Waals surface area contributed by atoms with Crippen molar-refractivity contribution >= 4 is 17.5 Å². The maximum atomic E-state index is 13.2. The van der Waals surface area contributed by atoms with Gasteiger partial charge >= 0.3 is 0 Å². The Bertz CT molecular complexity index is 1220. The molecule has 3 rings (SSSR count). The Morgan fingerprint density at radius 3 is 1.92 bits per heavy atom. The van der Waals surface area contributed by atoms with Crippen LogP contribution in [0.5, 0.6) is 11.5 Å². The quantitative estimate of drug-likeness (QED) is 0.322. The first-order valence-electron chi connectivity index (χ1n) is 13.0. The van der Waals surface area contributed by atoms with E-state index in [1.807, 2.05) is 42.5 Å². The van der Waals surface area contributed by atoms with Gasteiger partial charge in [0, 0.05) is 12.1 Å². The van der Waals surface area contributed by atoms with Crippen LogP contribution in [0.15, 0.2) is 66.7 Å². The molecule has 0 aliphatic rings. The predicted octanol–water partition coefficient (Wildman–Crippen LogP) is 6.42. The van der Waals surface area contributed by atoms with Crippen molar-refractivity contribution in [2.75, 3.05) is 12.4 Å². The Morgan fingerprint density at radius 1 is 0.868 bits per heavy atom. The summed E-state index contributed by atoms with van der Waals surface area (Å²) in [4.78, 5) is 26.4. The molecule has 0 unspecified atom stereocenters. The number of nitrogens with one attached hydrogen (secondary N) is 2. The van der Waals surface area contributed by atoms with Crippen LogP contribution in [-0.4, -0.2) is 24.0 Å². The fourth-order valence-electron chi connectivity index (χ4n) is 4.31. The largest absolute Gasteiger partial charge is 0.507 e. The molecule has 6 nitrogen and oxygen atoms in total. The van der Waals surface area contributed by atoms with Crippen molar-refractivity contribution in [1.29, 1.82) is 0 Å². The molecule has 202 valence electrons. The van der Waals surface area contributed by atoms with E-state index in [-0.39, 0.29) is 29.1 Å². The summed E-state index contributed by atoms with van der Waals surface area (Å²) in [7, 11) is 1.58. The molecule has 3 aromatic carbocycles. The van der Waals surface area contributed by atoms with Gasteiger partial charge in [0.05, 0.1) is 7.11 Å². The van der Waals surface area contributed by atoms with Gasteiger partial charge in [-0.2, -0.15) is 0 Å². The number of aromatic hydroxyl groups is 1. The maximum absolute atomic E-state index is 13.2. The highest BCUT2D eigenvalue weighted by atomic mass is 16.5. The zero-order chi connectivity index (χ0) is 28.1. The van der Waals surface area contributed by atoms with E-state index < -0.39 is 6.04 Å². The second kappa shape index (κ2) is 11.7. The topological polar surface area (TPSA) is 87.7 Å². The minimum Gasteiger partial charge on any atom is -0.507 e. The molecule has 1 atom stereocenters. The molecule has 2 amide bonds. The third kappa shape index (κ3) is 7.37. The van der Waals surface area contributed by atoms with Crippen molar-refractivity contribution in [2.24, 2.45) is 0 Å². The van der Waals surface area contributed by atoms with Crippen molar-refractivity contribution in [1.82, 2.24) is 5.32 Å². The number of hydrogen-bond donors (Lipinski definition) is 3. The molecule has 3 aromatic rings. The van der Waals surface area contributed by atoms with E-state index >= 15 is 0 Å². The normalized spacial score (nSPS) is 12.5. The summed E-state index contributed by atoms with van der Waals surface area (Å²) >= 11 is 0. The fourth-order valence-corrected chi connectivity index (χ4v) is 4.31. The van der Waals surface area contributed by atoms with E-state index in [0.717, 1.165) is 16.7 Å². The molecule has 0 radical (unpaired) electrons. The number of phenolic OH excluding ortho intramolecular Hbond substituents is 1. The molecule has 6 heteroatoms. The lowest BCUT2D eigenvalue weighted by Crippen LogP contribution is -2.37. The molecule has 0 aliphatic carbocycles. The Morgan fingerprint density at radius 2 is 1.42 bits per heavy atom. The summed E-state index contributed by atoms with van der Waals surface area (Å²) in [6.45, 7) is 12.4. The molecular weight excluding hydrogens is 476 g/mol. The van der Waals surface area contributed by atoms with Crippen LogP contribution < -0.4 is 15.4 Å². The van der Waals surface area contributed by atoms with Crippen LogP contribution in [0.4, 0.5) is 5.69 Å². The summed E-state index contributed by atoms with van der Waals surface area (Å²) in [6.07, 6.45) is 0.691. The number of anilines is 1. The Hall–Kier alpha value is -3.80. The average molecular weight is 517 g/mol. The van der Waals surface area contributed by atoms with Crippen LogP contribution in [0.1, 0.15) is 76.3 Å². The summed E-state index contributed by atoms with van der Waals surface area (Å²) < 4.78 is 5.18. The zero-order valence-electron chi connectivity index (χ0n) is 23.5. The average Bonchev–Trinajstić information content (AvgIpc) is 2.86. The molecule has 3 N–H and O–H groups in total. The van der Waals surface area contributed by atoms with E-state index in [0.29, 0.717) is 29.2 Å². The Balaban J connectivity index is 1.79. The fraction of sp³-hybridized carbons (Fsp3) is 0.375. The van der Waals surface area contributed by atoms with Crippen LogP contribution in [0, 0.1) is 0 Å². The lowest BCUT2D eigenvalue weighted by molar-refractivity contribution is -0.126. The van der Waals surface area contributed by atoms with Gasteiger partial charge in [0.2, 0.25) is 5.91 Å². The van der Waals surface area contributed by atoms with Crippen molar-refractivity contribution < 1.29 is 19.4 Å². The number of aryl methyl sites for hydroxylation is 1. The first kappa shape index (κ1) is 28.8. The second-order valence-corrected chi connectivity index (χ2v) is 11.7. The van der Waals surface area contributed by atoms with Crippen LogP contribution >= 0.6 is 0 Å². The molecule has 0 heterocycles. The van der Waals surface area contributed by atoms with Crippen molar-refractivity contribution in [3.05, 3.63) is 89.0 Å². The van der Waals surface area contributed by atoms with Crippen molar-refractivity contribution in [3.63, 3.8) is 0 Å². The van der Waals surface area contributed by atoms with Crippen LogP contribution in [0.2, 0.25) is 0 Å². The zero-order valence-corrected chi connectivity index (χ0v) is 23.5. The number of rotatable bonds is 8. The van der Waals surface area contributed by atoms with Gasteiger partial charge in [-0.3, -0.25) is 9.59 Å². The number of phenols is 1. The predicted molar refractivity (Wildman–Crippen MR) is 153 cm³/mol. The number of carbonyl (C=O) groups is 2. The number of hydrogen-bond acceptors (Lipinski definition) is 4. The van der Waals surface area contributed by atoms with Gasteiger partial charge in [-0.1, -0.05) is 84.0 Å².